The van der Waals surface area contributed by atoms with Gasteiger partial charge in [0, 0.05) is 0 Å². The molecular weight excluding hydrogens is 186 g/mol. The van der Waals surface area contributed by atoms with E-state index in [9.17, 15) is 5.11 Å². The Balaban J connectivity index is 2.19. The molecule has 15 heavy (non-hydrogen) atoms. The summed E-state index contributed by atoms with van der Waals surface area (Å²) in [6, 6.07) is 7.68. The maximum absolute atomic E-state index is 9.84. The molecule has 3 N–H and O–H groups in total. The standard InChI is InChI=1S/C13H19NO/c14-9-8-11(10-4-3-5-10)12-6-1-2-7-13(12)15/h1-2,6-7,10-11,15H,3-5,8-9,14H2. The summed E-state index contributed by atoms with van der Waals surface area (Å²) in [7, 11) is 0. The quantitative estimate of drug-likeness (QED) is 0.793. The maximum atomic E-state index is 9.84. The van der Waals surface area contributed by atoms with Gasteiger partial charge in [0.2, 0.25) is 0 Å². The van der Waals surface area contributed by atoms with Gasteiger partial charge in [0.05, 0.1) is 0 Å². The predicted molar refractivity (Wildman–Crippen MR) is 61.9 cm³/mol. The Labute approximate surface area is 91.1 Å². The number of phenols is 1. The summed E-state index contributed by atoms with van der Waals surface area (Å²) in [5, 5.41) is 9.84. The van der Waals surface area contributed by atoms with E-state index >= 15 is 0 Å². The molecule has 1 aliphatic rings. The molecule has 1 atom stereocenters. The molecule has 2 nitrogen and oxygen atoms in total. The zero-order valence-corrected chi connectivity index (χ0v) is 9.02. The first-order valence-corrected chi connectivity index (χ1v) is 5.81. The van der Waals surface area contributed by atoms with Gasteiger partial charge in [-0.05, 0) is 49.3 Å². The van der Waals surface area contributed by atoms with Crippen LogP contribution in [0.3, 0.4) is 0 Å². The van der Waals surface area contributed by atoms with Crippen molar-refractivity contribution in [1.29, 1.82) is 0 Å². The molecule has 0 aliphatic heterocycles. The molecule has 0 bridgehead atoms. The minimum absolute atomic E-state index is 0.433. The van der Waals surface area contributed by atoms with E-state index < -0.39 is 0 Å². The lowest BCUT2D eigenvalue weighted by Gasteiger charge is -2.34. The third-order valence-corrected chi connectivity index (χ3v) is 3.53. The van der Waals surface area contributed by atoms with Crippen LogP contribution < -0.4 is 5.73 Å². The SMILES string of the molecule is NCCC(c1ccccc1O)C1CCC1. The second-order valence-electron chi connectivity index (χ2n) is 4.43. The minimum Gasteiger partial charge on any atom is -0.508 e. The molecule has 0 saturated heterocycles. The Kier molecular flexibility index (Phi) is 3.27. The smallest absolute Gasteiger partial charge is 0.119 e. The highest BCUT2D eigenvalue weighted by Gasteiger charge is 2.29. The first-order valence-electron chi connectivity index (χ1n) is 5.81. The summed E-state index contributed by atoms with van der Waals surface area (Å²) in [6.45, 7) is 0.704. The van der Waals surface area contributed by atoms with Gasteiger partial charge in [-0.3, -0.25) is 0 Å². The number of aromatic hydroxyl groups is 1. The van der Waals surface area contributed by atoms with Gasteiger partial charge in [0.15, 0.2) is 0 Å². The Morgan fingerprint density at radius 3 is 2.60 bits per heavy atom. The second kappa shape index (κ2) is 4.67. The van der Waals surface area contributed by atoms with Crippen molar-refractivity contribution in [2.75, 3.05) is 6.54 Å². The van der Waals surface area contributed by atoms with E-state index in [-0.39, 0.29) is 0 Å². The maximum Gasteiger partial charge on any atom is 0.119 e. The predicted octanol–water partition coefficient (Wildman–Crippen LogP) is 2.62. The molecule has 0 heterocycles. The molecule has 1 fully saturated rings. The van der Waals surface area contributed by atoms with Gasteiger partial charge >= 0.3 is 0 Å². The fraction of sp³-hybridized carbons (Fsp3) is 0.538. The van der Waals surface area contributed by atoms with Crippen LogP contribution in [0.4, 0.5) is 0 Å². The van der Waals surface area contributed by atoms with E-state index in [0.29, 0.717) is 18.2 Å². The number of phenolic OH excluding ortho intramolecular Hbond substituents is 1. The number of rotatable bonds is 4. The fourth-order valence-electron chi connectivity index (χ4n) is 2.47. The summed E-state index contributed by atoms with van der Waals surface area (Å²) in [5.41, 5.74) is 6.74. The van der Waals surface area contributed by atoms with E-state index in [1.165, 1.54) is 19.3 Å². The molecule has 1 aliphatic carbocycles. The van der Waals surface area contributed by atoms with Gasteiger partial charge in [-0.1, -0.05) is 24.6 Å². The summed E-state index contributed by atoms with van der Waals surface area (Å²) in [4.78, 5) is 0. The number of benzene rings is 1. The molecule has 0 radical (unpaired) electrons. The molecule has 0 amide bonds. The highest BCUT2D eigenvalue weighted by atomic mass is 16.3. The number of nitrogens with two attached hydrogens (primary N) is 1. The molecule has 1 aromatic carbocycles. The molecule has 0 aromatic heterocycles. The lowest BCUT2D eigenvalue weighted by atomic mass is 9.71. The monoisotopic (exact) mass is 205 g/mol. The van der Waals surface area contributed by atoms with Crippen LogP contribution >= 0.6 is 0 Å². The molecule has 1 aromatic rings. The van der Waals surface area contributed by atoms with E-state index in [1.807, 2.05) is 18.2 Å². The van der Waals surface area contributed by atoms with Gasteiger partial charge in [-0.15, -0.1) is 0 Å². The van der Waals surface area contributed by atoms with Crippen LogP contribution in [0.5, 0.6) is 5.75 Å². The Hall–Kier alpha value is -1.02. The van der Waals surface area contributed by atoms with Crippen molar-refractivity contribution in [1.82, 2.24) is 0 Å². The van der Waals surface area contributed by atoms with Crippen LogP contribution in [0.2, 0.25) is 0 Å². The van der Waals surface area contributed by atoms with Gasteiger partial charge in [-0.25, -0.2) is 0 Å². The van der Waals surface area contributed by atoms with Crippen molar-refractivity contribution in [3.05, 3.63) is 29.8 Å². The lowest BCUT2D eigenvalue weighted by molar-refractivity contribution is 0.249. The topological polar surface area (TPSA) is 46.2 Å². The first kappa shape index (κ1) is 10.5. The summed E-state index contributed by atoms with van der Waals surface area (Å²) >= 11 is 0. The highest BCUT2D eigenvalue weighted by molar-refractivity contribution is 5.35. The molecule has 82 valence electrons. The van der Waals surface area contributed by atoms with E-state index in [2.05, 4.69) is 0 Å². The van der Waals surface area contributed by atoms with Gasteiger partial charge in [-0.2, -0.15) is 0 Å². The third kappa shape index (κ3) is 2.15. The van der Waals surface area contributed by atoms with Crippen molar-refractivity contribution in [2.45, 2.75) is 31.6 Å². The first-order chi connectivity index (χ1) is 7.33. The summed E-state index contributed by atoms with van der Waals surface area (Å²) in [5.74, 6) is 1.63. The molecule has 2 heteroatoms. The summed E-state index contributed by atoms with van der Waals surface area (Å²) < 4.78 is 0. The molecule has 1 saturated carbocycles. The molecule has 2 rings (SSSR count). The lowest BCUT2D eigenvalue weighted by Crippen LogP contribution is -2.22. The van der Waals surface area contributed by atoms with Crippen molar-refractivity contribution in [3.8, 4) is 5.75 Å². The average molecular weight is 205 g/mol. The Morgan fingerprint density at radius 1 is 1.33 bits per heavy atom. The van der Waals surface area contributed by atoms with E-state index in [1.54, 1.807) is 6.07 Å². The zero-order valence-electron chi connectivity index (χ0n) is 9.02. The highest BCUT2D eigenvalue weighted by Crippen LogP contribution is 2.43. The summed E-state index contributed by atoms with van der Waals surface area (Å²) in [6.07, 6.45) is 4.90. The third-order valence-electron chi connectivity index (χ3n) is 3.53. The van der Waals surface area contributed by atoms with Gasteiger partial charge in [0.1, 0.15) is 5.75 Å². The largest absolute Gasteiger partial charge is 0.508 e. The van der Waals surface area contributed by atoms with Crippen LogP contribution in [0.15, 0.2) is 24.3 Å². The van der Waals surface area contributed by atoms with Crippen LogP contribution in [0, 0.1) is 5.92 Å². The number of para-hydroxylation sites is 1. The number of hydrogen-bond donors (Lipinski definition) is 2. The number of hydrogen-bond acceptors (Lipinski definition) is 2. The minimum atomic E-state index is 0.433. The Bertz CT molecular complexity index is 320. The second-order valence-corrected chi connectivity index (χ2v) is 4.43. The molecule has 1 unspecified atom stereocenters. The van der Waals surface area contributed by atoms with Crippen molar-refractivity contribution in [3.63, 3.8) is 0 Å². The van der Waals surface area contributed by atoms with Crippen LogP contribution in [-0.2, 0) is 0 Å². The van der Waals surface area contributed by atoms with Gasteiger partial charge in [0.25, 0.3) is 0 Å². The van der Waals surface area contributed by atoms with Crippen LogP contribution in [-0.4, -0.2) is 11.7 Å². The van der Waals surface area contributed by atoms with Crippen molar-refractivity contribution < 1.29 is 5.11 Å². The van der Waals surface area contributed by atoms with Crippen LogP contribution in [0.1, 0.15) is 37.2 Å². The molecule has 0 spiro atoms. The van der Waals surface area contributed by atoms with Crippen molar-refractivity contribution >= 4 is 0 Å². The molecular formula is C13H19NO. The average Bonchev–Trinajstić information content (AvgIpc) is 2.15. The Morgan fingerprint density at radius 2 is 2.07 bits per heavy atom. The van der Waals surface area contributed by atoms with Gasteiger partial charge < -0.3 is 10.8 Å². The normalized spacial score (nSPS) is 18.5. The van der Waals surface area contributed by atoms with E-state index in [4.69, 9.17) is 5.73 Å². The zero-order chi connectivity index (χ0) is 10.7. The fourth-order valence-corrected chi connectivity index (χ4v) is 2.47. The van der Waals surface area contributed by atoms with Crippen LogP contribution in [0.25, 0.3) is 0 Å². The van der Waals surface area contributed by atoms with E-state index in [0.717, 1.165) is 17.9 Å². The van der Waals surface area contributed by atoms with Crippen molar-refractivity contribution in [2.24, 2.45) is 11.7 Å².